The molecule has 1 aromatic heterocycles. The van der Waals surface area contributed by atoms with E-state index in [0.29, 0.717) is 12.3 Å². The van der Waals surface area contributed by atoms with Crippen LogP contribution >= 0.6 is 0 Å². The Bertz CT molecular complexity index is 1510. The minimum Gasteiger partial charge on any atom is -0.392 e. The normalized spacial score (nSPS) is 27.9. The van der Waals surface area contributed by atoms with Crippen molar-refractivity contribution in [3.05, 3.63) is 72.4 Å². The Hall–Kier alpha value is -3.24. The molecule has 0 spiro atoms. The molecule has 6 unspecified atom stereocenters. The van der Waals surface area contributed by atoms with Crippen LogP contribution < -0.4 is 10.0 Å². The Kier molecular flexibility index (Phi) is 6.94. The van der Waals surface area contributed by atoms with Crippen molar-refractivity contribution in [3.63, 3.8) is 0 Å². The van der Waals surface area contributed by atoms with Gasteiger partial charge < -0.3 is 15.0 Å². The van der Waals surface area contributed by atoms with Crippen molar-refractivity contribution in [1.29, 1.82) is 0 Å². The molecule has 8 nitrogen and oxygen atoms in total. The lowest BCUT2D eigenvalue weighted by atomic mass is 9.56. The number of halogens is 1. The molecule has 2 amide bonds. The van der Waals surface area contributed by atoms with Gasteiger partial charge in [-0.05, 0) is 92.0 Å². The van der Waals surface area contributed by atoms with E-state index in [-0.39, 0.29) is 28.3 Å². The van der Waals surface area contributed by atoms with Crippen LogP contribution in [0.25, 0.3) is 11.3 Å². The molecule has 0 radical (unpaired) electrons. The number of hydrogen-bond donors (Lipinski definition) is 3. The van der Waals surface area contributed by atoms with Crippen LogP contribution in [-0.2, 0) is 10.0 Å². The zero-order valence-corrected chi connectivity index (χ0v) is 23.3. The average Bonchev–Trinajstić information content (AvgIpc) is 3.52. The summed E-state index contributed by atoms with van der Waals surface area (Å²) >= 11 is 0. The maximum Gasteiger partial charge on any atom is 0.328 e. The molecule has 6 rings (SSSR count). The van der Waals surface area contributed by atoms with Gasteiger partial charge in [0.1, 0.15) is 5.82 Å². The lowest BCUT2D eigenvalue weighted by Crippen LogP contribution is -2.54. The van der Waals surface area contributed by atoms with E-state index < -0.39 is 28.0 Å². The van der Waals surface area contributed by atoms with Crippen molar-refractivity contribution < 1.29 is 22.7 Å². The summed E-state index contributed by atoms with van der Waals surface area (Å²) in [6, 6.07) is 11.7. The summed E-state index contributed by atoms with van der Waals surface area (Å²) in [6.45, 7) is 2.14. The number of aliphatic hydroxyl groups excluding tert-OH is 1. The predicted octanol–water partition coefficient (Wildman–Crippen LogP) is 5.01. The molecule has 6 atom stereocenters. The highest BCUT2D eigenvalue weighted by molar-refractivity contribution is 7.90. The van der Waals surface area contributed by atoms with Gasteiger partial charge in [-0.2, -0.15) is 0 Å². The summed E-state index contributed by atoms with van der Waals surface area (Å²) in [6.07, 6.45) is 8.94. The first-order chi connectivity index (χ1) is 19.2. The Morgan fingerprint density at radius 3 is 2.73 bits per heavy atom. The second-order valence-corrected chi connectivity index (χ2v) is 13.4. The second-order valence-electron chi connectivity index (χ2n) is 11.7. The summed E-state index contributed by atoms with van der Waals surface area (Å²) in [5, 5.41) is 14.8. The molecule has 2 fully saturated rings. The van der Waals surface area contributed by atoms with Crippen molar-refractivity contribution in [3.8, 4) is 11.3 Å². The highest BCUT2D eigenvalue weighted by atomic mass is 32.2. The topological polar surface area (TPSA) is 113 Å². The van der Waals surface area contributed by atoms with Crippen molar-refractivity contribution in [2.75, 3.05) is 0 Å². The van der Waals surface area contributed by atoms with Crippen LogP contribution in [0, 0.1) is 23.1 Å². The maximum atomic E-state index is 13.2. The fraction of sp³-hybridized carbons (Fsp3) is 0.467. The van der Waals surface area contributed by atoms with Gasteiger partial charge >= 0.3 is 6.03 Å². The number of sulfonamides is 1. The fourth-order valence-corrected chi connectivity index (χ4v) is 8.48. The summed E-state index contributed by atoms with van der Waals surface area (Å²) in [5.74, 6) is 0.0415. The molecule has 212 valence electrons. The summed E-state index contributed by atoms with van der Waals surface area (Å²) in [4.78, 5) is 17.0. The third-order valence-corrected chi connectivity index (χ3v) is 10.9. The number of amides is 2. The van der Waals surface area contributed by atoms with E-state index in [1.165, 1.54) is 5.56 Å². The largest absolute Gasteiger partial charge is 0.392 e. The van der Waals surface area contributed by atoms with Crippen LogP contribution in [0.1, 0.15) is 63.5 Å². The number of nitrogens with zero attached hydrogens (tertiary/aromatic N) is 2. The number of urea groups is 1. The molecule has 40 heavy (non-hydrogen) atoms. The van der Waals surface area contributed by atoms with E-state index in [4.69, 9.17) is 0 Å². The van der Waals surface area contributed by atoms with E-state index in [9.17, 15) is 22.7 Å². The molecule has 3 aliphatic rings. The molecule has 2 heterocycles. The Balaban J connectivity index is 1.16. The van der Waals surface area contributed by atoms with Gasteiger partial charge in [0.25, 0.3) is 10.0 Å². The summed E-state index contributed by atoms with van der Waals surface area (Å²) in [5.41, 5.74) is 3.15. The molecule has 2 aromatic carbocycles. The van der Waals surface area contributed by atoms with Gasteiger partial charge in [-0.1, -0.05) is 31.2 Å². The van der Waals surface area contributed by atoms with Crippen LogP contribution in [0.2, 0.25) is 0 Å². The highest BCUT2D eigenvalue weighted by Crippen LogP contribution is 2.54. The lowest BCUT2D eigenvalue weighted by Gasteiger charge is -2.52. The number of nitrogens with one attached hydrogen (secondary N) is 2. The number of rotatable bonds is 7. The fourth-order valence-electron chi connectivity index (χ4n) is 7.57. The van der Waals surface area contributed by atoms with Gasteiger partial charge in [0, 0.05) is 11.6 Å². The van der Waals surface area contributed by atoms with Gasteiger partial charge in [-0.15, -0.1) is 0 Å². The van der Waals surface area contributed by atoms with Crippen LogP contribution in [0.5, 0.6) is 0 Å². The number of fused-ring (bicyclic) bond motifs is 5. The second kappa shape index (κ2) is 10.3. The molecule has 3 N–H and O–H groups in total. The van der Waals surface area contributed by atoms with E-state index in [2.05, 4.69) is 38.6 Å². The number of hydrogen-bond acceptors (Lipinski definition) is 5. The Morgan fingerprint density at radius 2 is 1.95 bits per heavy atom. The van der Waals surface area contributed by atoms with Crippen molar-refractivity contribution in [2.45, 2.75) is 75.0 Å². The number of aromatic nitrogens is 2. The number of benzene rings is 2. The van der Waals surface area contributed by atoms with Crippen molar-refractivity contribution >= 4 is 16.1 Å². The molecule has 3 aromatic rings. The van der Waals surface area contributed by atoms with Gasteiger partial charge in [0.05, 0.1) is 35.3 Å². The molecule has 10 heteroatoms. The van der Waals surface area contributed by atoms with Crippen LogP contribution in [0.3, 0.4) is 0 Å². The van der Waals surface area contributed by atoms with E-state index in [1.807, 2.05) is 24.7 Å². The van der Waals surface area contributed by atoms with Gasteiger partial charge in [-0.25, -0.2) is 27.3 Å². The van der Waals surface area contributed by atoms with Crippen molar-refractivity contribution in [2.24, 2.45) is 17.3 Å². The zero-order valence-electron chi connectivity index (χ0n) is 22.5. The van der Waals surface area contributed by atoms with Crippen LogP contribution in [-0.4, -0.2) is 41.3 Å². The standard InChI is InChI=1S/C30H35FN4O4S/c1-2-30(28(36)14-26-23-5-3-4-6-24(23)27-17-32-18-35(26)27)15-19-7-12-25(20(13-19)16-30)33-29(37)34-40(38,39)22-10-8-21(31)9-11-22/h3-6,8-11,17-20,25-26,28,36H,2,7,12-16H2,1H3,(H2,33,34,37). The van der Waals surface area contributed by atoms with Gasteiger partial charge in [0.2, 0.25) is 0 Å². The zero-order chi connectivity index (χ0) is 28.1. The average molecular weight is 567 g/mol. The first-order valence-electron chi connectivity index (χ1n) is 14.1. The van der Waals surface area contributed by atoms with E-state index >= 15 is 0 Å². The number of carbonyl (C=O) groups excluding carboxylic acids is 1. The molecule has 0 saturated heterocycles. The number of imidazole rings is 1. The first kappa shape index (κ1) is 27.0. The van der Waals surface area contributed by atoms with Gasteiger partial charge in [0.15, 0.2) is 0 Å². The van der Waals surface area contributed by atoms with Crippen LogP contribution in [0.15, 0.2) is 66.0 Å². The van der Waals surface area contributed by atoms with E-state index in [0.717, 1.165) is 74.0 Å². The SMILES string of the molecule is CCC1(C(O)CC2c3ccccc3-c3cncn32)CC2CCC(NC(=O)NS(=O)(=O)c3ccc(F)cc3)C(C2)C1. The minimum absolute atomic E-state index is 0.0188. The molecular weight excluding hydrogens is 531 g/mol. The Labute approximate surface area is 234 Å². The molecule has 1 aliphatic heterocycles. The highest BCUT2D eigenvalue weighted by Gasteiger charge is 2.49. The Morgan fingerprint density at radius 1 is 1.18 bits per heavy atom. The summed E-state index contributed by atoms with van der Waals surface area (Å²) in [7, 11) is -4.12. The number of aliphatic hydroxyl groups is 1. The van der Waals surface area contributed by atoms with Crippen LogP contribution in [0.4, 0.5) is 9.18 Å². The molecular formula is C30H35FN4O4S. The minimum atomic E-state index is -4.12. The maximum absolute atomic E-state index is 13.2. The monoisotopic (exact) mass is 566 g/mol. The van der Waals surface area contributed by atoms with Gasteiger partial charge in [-0.3, -0.25) is 0 Å². The molecule has 2 saturated carbocycles. The predicted molar refractivity (Wildman–Crippen MR) is 148 cm³/mol. The quantitative estimate of drug-likeness (QED) is 0.372. The number of carbonyl (C=O) groups is 1. The van der Waals surface area contributed by atoms with Crippen molar-refractivity contribution in [1.82, 2.24) is 19.6 Å². The molecule has 2 bridgehead atoms. The third-order valence-electron chi connectivity index (χ3n) is 9.58. The first-order valence-corrected chi connectivity index (χ1v) is 15.6. The smallest absolute Gasteiger partial charge is 0.328 e. The third kappa shape index (κ3) is 4.81. The lowest BCUT2D eigenvalue weighted by molar-refractivity contribution is -0.0663. The van der Waals surface area contributed by atoms with E-state index in [1.54, 1.807) is 0 Å². The molecule has 2 aliphatic carbocycles. The summed E-state index contributed by atoms with van der Waals surface area (Å²) < 4.78 is 42.7.